The van der Waals surface area contributed by atoms with E-state index in [2.05, 4.69) is 37.4 Å². The minimum absolute atomic E-state index is 0.0713. The predicted octanol–water partition coefficient (Wildman–Crippen LogP) is 1.46. The summed E-state index contributed by atoms with van der Waals surface area (Å²) >= 11 is 0. The summed E-state index contributed by atoms with van der Waals surface area (Å²) < 4.78 is 2.02. The second-order valence-electron chi connectivity index (χ2n) is 7.65. The van der Waals surface area contributed by atoms with Gasteiger partial charge in [-0.05, 0) is 58.2 Å². The van der Waals surface area contributed by atoms with Crippen molar-refractivity contribution in [3.8, 4) is 11.5 Å². The summed E-state index contributed by atoms with van der Waals surface area (Å²) in [6, 6.07) is 0. The molecule has 2 aliphatic heterocycles. The first-order chi connectivity index (χ1) is 13.2. The summed E-state index contributed by atoms with van der Waals surface area (Å²) in [6.07, 6.45) is 10.2. The highest BCUT2D eigenvalue weighted by atomic mass is 16.1. The molecule has 0 saturated carbocycles. The molecule has 0 spiro atoms. The molecule has 0 radical (unpaired) electrons. The highest BCUT2D eigenvalue weighted by Gasteiger charge is 2.31. The fraction of sp³-hybridized carbons (Fsp3) is 0.632. The SMILES string of the molecule is CN1CCC(CCNC(=O)C2CCCn3c(-c4cnccn4)nnc32)CC1. The molecule has 1 fully saturated rings. The maximum atomic E-state index is 12.8. The molecule has 8 nitrogen and oxygen atoms in total. The van der Waals surface area contributed by atoms with Crippen LogP contribution in [0.4, 0.5) is 0 Å². The summed E-state index contributed by atoms with van der Waals surface area (Å²) in [7, 11) is 2.17. The van der Waals surface area contributed by atoms with Crippen molar-refractivity contribution in [3.63, 3.8) is 0 Å². The fourth-order valence-electron chi connectivity index (χ4n) is 4.10. The Balaban J connectivity index is 1.38. The zero-order valence-electron chi connectivity index (χ0n) is 15.8. The van der Waals surface area contributed by atoms with E-state index in [1.807, 2.05) is 4.57 Å². The number of piperidine rings is 1. The van der Waals surface area contributed by atoms with Crippen molar-refractivity contribution in [1.82, 2.24) is 34.9 Å². The van der Waals surface area contributed by atoms with Crippen molar-refractivity contribution < 1.29 is 4.79 Å². The first-order valence-electron chi connectivity index (χ1n) is 9.88. The molecule has 0 aromatic carbocycles. The maximum absolute atomic E-state index is 12.8. The predicted molar refractivity (Wildman–Crippen MR) is 101 cm³/mol. The third kappa shape index (κ3) is 4.00. The molecule has 1 N–H and O–H groups in total. The molecular formula is C19H27N7O. The summed E-state index contributed by atoms with van der Waals surface area (Å²) in [5.74, 6) is 2.01. The van der Waals surface area contributed by atoms with Crippen molar-refractivity contribution in [2.45, 2.75) is 44.6 Å². The number of aromatic nitrogens is 5. The standard InChI is InChI=1S/C19H27N7O/c1-25-11-5-14(6-12-25)4-7-22-19(27)15-3-2-10-26-17(15)23-24-18(26)16-13-20-8-9-21-16/h8-9,13-15H,2-7,10-12H2,1H3,(H,22,27). The van der Waals surface area contributed by atoms with E-state index in [1.54, 1.807) is 18.6 Å². The van der Waals surface area contributed by atoms with Crippen LogP contribution in [0, 0.1) is 5.92 Å². The monoisotopic (exact) mass is 369 g/mol. The molecule has 1 saturated heterocycles. The van der Waals surface area contributed by atoms with E-state index in [4.69, 9.17) is 0 Å². The third-order valence-electron chi connectivity index (χ3n) is 5.76. The molecule has 1 unspecified atom stereocenters. The van der Waals surface area contributed by atoms with Crippen LogP contribution >= 0.6 is 0 Å². The van der Waals surface area contributed by atoms with Gasteiger partial charge in [-0.1, -0.05) is 0 Å². The van der Waals surface area contributed by atoms with Gasteiger partial charge in [0.05, 0.1) is 12.1 Å². The van der Waals surface area contributed by atoms with E-state index in [0.29, 0.717) is 11.5 Å². The Labute approximate surface area is 159 Å². The Bertz CT molecular complexity index is 768. The number of carbonyl (C=O) groups is 1. The van der Waals surface area contributed by atoms with E-state index in [-0.39, 0.29) is 11.8 Å². The van der Waals surface area contributed by atoms with Crippen molar-refractivity contribution in [1.29, 1.82) is 0 Å². The number of nitrogens with zero attached hydrogens (tertiary/aromatic N) is 6. The van der Waals surface area contributed by atoms with Gasteiger partial charge in [0.1, 0.15) is 11.5 Å². The average molecular weight is 369 g/mol. The van der Waals surface area contributed by atoms with Gasteiger partial charge in [0.15, 0.2) is 5.82 Å². The topological polar surface area (TPSA) is 88.8 Å². The average Bonchev–Trinajstić information content (AvgIpc) is 3.14. The maximum Gasteiger partial charge on any atom is 0.230 e. The number of amides is 1. The second kappa shape index (κ2) is 8.12. The number of carbonyl (C=O) groups excluding carboxylic acids is 1. The van der Waals surface area contributed by atoms with Crippen LogP contribution in [0.5, 0.6) is 0 Å². The molecule has 1 atom stereocenters. The molecule has 2 aliphatic rings. The Hall–Kier alpha value is -2.35. The van der Waals surface area contributed by atoms with E-state index >= 15 is 0 Å². The summed E-state index contributed by atoms with van der Waals surface area (Å²) in [6.45, 7) is 3.88. The zero-order valence-corrected chi connectivity index (χ0v) is 15.8. The van der Waals surface area contributed by atoms with Gasteiger partial charge in [-0.2, -0.15) is 0 Å². The molecule has 2 aromatic rings. The molecule has 4 rings (SSSR count). The van der Waals surface area contributed by atoms with Gasteiger partial charge < -0.3 is 14.8 Å². The quantitative estimate of drug-likeness (QED) is 0.858. The van der Waals surface area contributed by atoms with Crippen LogP contribution in [-0.4, -0.2) is 62.2 Å². The number of rotatable bonds is 5. The lowest BCUT2D eigenvalue weighted by molar-refractivity contribution is -0.123. The van der Waals surface area contributed by atoms with Crippen molar-refractivity contribution in [3.05, 3.63) is 24.4 Å². The van der Waals surface area contributed by atoms with Gasteiger partial charge in [-0.15, -0.1) is 10.2 Å². The zero-order chi connectivity index (χ0) is 18.6. The molecule has 0 aliphatic carbocycles. The smallest absolute Gasteiger partial charge is 0.230 e. The highest BCUT2D eigenvalue weighted by Crippen LogP contribution is 2.29. The van der Waals surface area contributed by atoms with Crippen molar-refractivity contribution >= 4 is 5.91 Å². The molecule has 4 heterocycles. The Kier molecular flexibility index (Phi) is 5.42. The van der Waals surface area contributed by atoms with Crippen LogP contribution in [-0.2, 0) is 11.3 Å². The first-order valence-corrected chi connectivity index (χ1v) is 9.88. The first kappa shape index (κ1) is 18.0. The number of hydrogen-bond acceptors (Lipinski definition) is 6. The molecule has 144 valence electrons. The van der Waals surface area contributed by atoms with Crippen molar-refractivity contribution in [2.75, 3.05) is 26.7 Å². The third-order valence-corrected chi connectivity index (χ3v) is 5.76. The second-order valence-corrected chi connectivity index (χ2v) is 7.65. The number of likely N-dealkylation sites (tertiary alicyclic amines) is 1. The van der Waals surface area contributed by atoms with Crippen LogP contribution in [0.2, 0.25) is 0 Å². The number of fused-ring (bicyclic) bond motifs is 1. The Morgan fingerprint density at radius 1 is 1.19 bits per heavy atom. The largest absolute Gasteiger partial charge is 0.355 e. The summed E-state index contributed by atoms with van der Waals surface area (Å²) in [5.41, 5.74) is 0.694. The van der Waals surface area contributed by atoms with Gasteiger partial charge in [0.2, 0.25) is 5.91 Å². The highest BCUT2D eigenvalue weighted by molar-refractivity contribution is 5.83. The number of nitrogens with one attached hydrogen (secondary N) is 1. The molecule has 27 heavy (non-hydrogen) atoms. The summed E-state index contributed by atoms with van der Waals surface area (Å²) in [5, 5.41) is 11.7. The van der Waals surface area contributed by atoms with Gasteiger partial charge in [0.25, 0.3) is 0 Å². The number of hydrogen-bond donors (Lipinski definition) is 1. The van der Waals surface area contributed by atoms with E-state index < -0.39 is 0 Å². The normalized spacial score (nSPS) is 21.0. The minimum Gasteiger partial charge on any atom is -0.355 e. The van der Waals surface area contributed by atoms with Gasteiger partial charge in [0, 0.05) is 25.5 Å². The summed E-state index contributed by atoms with van der Waals surface area (Å²) in [4.78, 5) is 23.6. The van der Waals surface area contributed by atoms with E-state index in [1.165, 1.54) is 12.8 Å². The lowest BCUT2D eigenvalue weighted by Crippen LogP contribution is -2.36. The van der Waals surface area contributed by atoms with Crippen LogP contribution in [0.15, 0.2) is 18.6 Å². The molecule has 0 bridgehead atoms. The molecule has 2 aromatic heterocycles. The lowest BCUT2D eigenvalue weighted by Gasteiger charge is -2.29. The van der Waals surface area contributed by atoms with E-state index in [0.717, 1.165) is 57.2 Å². The molecule has 8 heteroatoms. The van der Waals surface area contributed by atoms with Gasteiger partial charge >= 0.3 is 0 Å². The van der Waals surface area contributed by atoms with Crippen LogP contribution in [0.1, 0.15) is 43.8 Å². The van der Waals surface area contributed by atoms with E-state index in [9.17, 15) is 4.79 Å². The molecular weight excluding hydrogens is 342 g/mol. The lowest BCUT2D eigenvalue weighted by atomic mass is 9.93. The Morgan fingerprint density at radius 2 is 2.04 bits per heavy atom. The van der Waals surface area contributed by atoms with Gasteiger partial charge in [-0.25, -0.2) is 4.98 Å². The Morgan fingerprint density at radius 3 is 2.81 bits per heavy atom. The van der Waals surface area contributed by atoms with Crippen LogP contribution < -0.4 is 5.32 Å². The van der Waals surface area contributed by atoms with Crippen LogP contribution in [0.3, 0.4) is 0 Å². The fourth-order valence-corrected chi connectivity index (χ4v) is 4.10. The van der Waals surface area contributed by atoms with Crippen LogP contribution in [0.25, 0.3) is 11.5 Å². The minimum atomic E-state index is -0.228. The van der Waals surface area contributed by atoms with Crippen molar-refractivity contribution in [2.24, 2.45) is 5.92 Å². The molecule has 1 amide bonds. The van der Waals surface area contributed by atoms with Gasteiger partial charge in [-0.3, -0.25) is 9.78 Å².